The van der Waals surface area contributed by atoms with Gasteiger partial charge in [-0.2, -0.15) is 0 Å². The maximum absolute atomic E-state index is 6.97. The lowest BCUT2D eigenvalue weighted by Gasteiger charge is -2.26. The molecule has 0 amide bonds. The minimum Gasteiger partial charge on any atom is -0.456 e. The second kappa shape index (κ2) is 12.5. The number of para-hydroxylation sites is 2. The van der Waals surface area contributed by atoms with Crippen LogP contribution in [0.4, 0.5) is 17.1 Å². The summed E-state index contributed by atoms with van der Waals surface area (Å²) in [7, 11) is 0. The zero-order valence-electron chi connectivity index (χ0n) is 29.4. The molecule has 3 aromatic heterocycles. The first kappa shape index (κ1) is 31.0. The van der Waals surface area contributed by atoms with E-state index in [1.54, 1.807) is 0 Å². The van der Waals surface area contributed by atoms with Gasteiger partial charge in [-0.15, -0.1) is 0 Å². The quantitative estimate of drug-likeness (QED) is 0.171. The van der Waals surface area contributed by atoms with Gasteiger partial charge in [-0.1, -0.05) is 121 Å². The lowest BCUT2D eigenvalue weighted by molar-refractivity contribution is 0.668. The van der Waals surface area contributed by atoms with Crippen LogP contribution in [-0.4, -0.2) is 15.0 Å². The van der Waals surface area contributed by atoms with Crippen LogP contribution in [0.1, 0.15) is 0 Å². The van der Waals surface area contributed by atoms with Gasteiger partial charge in [-0.25, -0.2) is 15.0 Å². The molecule has 6 heteroatoms. The summed E-state index contributed by atoms with van der Waals surface area (Å²) in [6, 6.07) is 62.2. The van der Waals surface area contributed by atoms with Crippen molar-refractivity contribution in [1.29, 1.82) is 0 Å². The van der Waals surface area contributed by atoms with Crippen LogP contribution in [0, 0.1) is 0 Å². The number of furan rings is 2. The van der Waals surface area contributed by atoms with Crippen LogP contribution in [0.3, 0.4) is 0 Å². The van der Waals surface area contributed by atoms with Crippen LogP contribution in [0.2, 0.25) is 0 Å². The first-order valence-corrected chi connectivity index (χ1v) is 18.3. The van der Waals surface area contributed by atoms with E-state index in [1.165, 1.54) is 0 Å². The third-order valence-corrected chi connectivity index (χ3v) is 10.3. The molecule has 0 bridgehead atoms. The fourth-order valence-electron chi connectivity index (χ4n) is 7.70. The molecule has 11 rings (SSSR count). The lowest BCUT2D eigenvalue weighted by Crippen LogP contribution is -2.10. The van der Waals surface area contributed by atoms with E-state index in [2.05, 4.69) is 108 Å². The highest BCUT2D eigenvalue weighted by Gasteiger charge is 2.25. The van der Waals surface area contributed by atoms with Crippen molar-refractivity contribution in [3.8, 4) is 34.2 Å². The van der Waals surface area contributed by atoms with Gasteiger partial charge in [0.1, 0.15) is 22.3 Å². The maximum atomic E-state index is 6.97. The number of hydrogen-bond donors (Lipinski definition) is 0. The van der Waals surface area contributed by atoms with Gasteiger partial charge in [0.25, 0.3) is 0 Å². The molecule has 0 fully saturated rings. The summed E-state index contributed by atoms with van der Waals surface area (Å²) in [5, 5.41) is 6.32. The van der Waals surface area contributed by atoms with Gasteiger partial charge >= 0.3 is 0 Å². The molecule has 6 nitrogen and oxygen atoms in total. The molecule has 0 aliphatic rings. The van der Waals surface area contributed by atoms with Gasteiger partial charge < -0.3 is 13.7 Å². The monoisotopic (exact) mass is 706 g/mol. The smallest absolute Gasteiger partial charge is 0.167 e. The van der Waals surface area contributed by atoms with Crippen LogP contribution in [0.5, 0.6) is 0 Å². The second-order valence-corrected chi connectivity index (χ2v) is 13.6. The van der Waals surface area contributed by atoms with Gasteiger partial charge in [0.15, 0.2) is 17.5 Å². The summed E-state index contributed by atoms with van der Waals surface area (Å²) in [5.74, 6) is 1.72. The number of nitrogens with zero attached hydrogens (tertiary/aromatic N) is 4. The Morgan fingerprint density at radius 1 is 0.382 bits per heavy atom. The van der Waals surface area contributed by atoms with E-state index in [-0.39, 0.29) is 0 Å². The molecule has 0 spiro atoms. The fourth-order valence-corrected chi connectivity index (χ4v) is 7.70. The molecule has 0 aliphatic heterocycles. The van der Waals surface area contributed by atoms with Gasteiger partial charge in [0.2, 0.25) is 0 Å². The molecule has 258 valence electrons. The Morgan fingerprint density at radius 2 is 0.982 bits per heavy atom. The Hall–Kier alpha value is -7.57. The van der Waals surface area contributed by atoms with E-state index < -0.39 is 0 Å². The van der Waals surface area contributed by atoms with Crippen LogP contribution in [-0.2, 0) is 0 Å². The van der Waals surface area contributed by atoms with E-state index >= 15 is 0 Å². The first-order chi connectivity index (χ1) is 27.2. The molecule has 3 heterocycles. The molecular formula is C49H30N4O2. The molecule has 0 radical (unpaired) electrons. The number of benzene rings is 8. The van der Waals surface area contributed by atoms with E-state index in [0.29, 0.717) is 23.1 Å². The zero-order chi connectivity index (χ0) is 36.3. The summed E-state index contributed by atoms with van der Waals surface area (Å²) in [5.41, 5.74) is 8.75. The van der Waals surface area contributed by atoms with Crippen LogP contribution >= 0.6 is 0 Å². The standard InChI is InChI=1S/C49H30N4O2/c1-4-14-31(15-5-1)47-50-48(32-16-6-2-7-17-32)52-49(51-47)38-25-26-41(45-40-28-33-18-10-11-19-34(33)29-44(40)55-46(38)45)53(35-20-8-3-9-21-35)36-24-27-43-39(30-36)37-22-12-13-23-42(37)54-43/h1-30H. The van der Waals surface area contributed by atoms with E-state index in [0.717, 1.165) is 82.8 Å². The number of hydrogen-bond acceptors (Lipinski definition) is 6. The third kappa shape index (κ3) is 5.23. The number of anilines is 3. The second-order valence-electron chi connectivity index (χ2n) is 13.6. The normalized spacial score (nSPS) is 11.6. The Bertz CT molecular complexity index is 3150. The van der Waals surface area contributed by atoms with E-state index in [9.17, 15) is 0 Å². The summed E-state index contributed by atoms with van der Waals surface area (Å²) in [6.45, 7) is 0. The number of aromatic nitrogens is 3. The van der Waals surface area contributed by atoms with Crippen molar-refractivity contribution in [2.75, 3.05) is 4.90 Å². The SMILES string of the molecule is c1ccc(-c2nc(-c3ccccc3)nc(-c3ccc(N(c4ccccc4)c4ccc5oc6ccccc6c5c4)c4c3oc3cc5ccccc5cc34)n2)cc1. The summed E-state index contributed by atoms with van der Waals surface area (Å²) in [4.78, 5) is 17.5. The van der Waals surface area contributed by atoms with Crippen molar-refractivity contribution in [2.45, 2.75) is 0 Å². The van der Waals surface area contributed by atoms with E-state index in [1.807, 2.05) is 78.9 Å². The van der Waals surface area contributed by atoms with Crippen molar-refractivity contribution in [3.05, 3.63) is 182 Å². The molecule has 0 unspecified atom stereocenters. The number of rotatable bonds is 6. The van der Waals surface area contributed by atoms with E-state index in [4.69, 9.17) is 23.8 Å². The van der Waals surface area contributed by atoms with Gasteiger partial charge in [0, 0.05) is 38.7 Å². The largest absolute Gasteiger partial charge is 0.456 e. The molecule has 8 aromatic carbocycles. The molecule has 0 saturated heterocycles. The molecule has 0 atom stereocenters. The molecule has 0 N–H and O–H groups in total. The topological polar surface area (TPSA) is 68.2 Å². The molecule has 55 heavy (non-hydrogen) atoms. The van der Waals surface area contributed by atoms with Crippen molar-refractivity contribution >= 4 is 71.7 Å². The Balaban J connectivity index is 1.21. The molecular weight excluding hydrogens is 677 g/mol. The Morgan fingerprint density at radius 3 is 1.71 bits per heavy atom. The Kier molecular flexibility index (Phi) is 7.07. The minimum atomic E-state index is 0.533. The van der Waals surface area contributed by atoms with Gasteiger partial charge in [-0.05, 0) is 71.4 Å². The third-order valence-electron chi connectivity index (χ3n) is 10.3. The highest BCUT2D eigenvalue weighted by atomic mass is 16.3. The minimum absolute atomic E-state index is 0.533. The van der Waals surface area contributed by atoms with Crippen molar-refractivity contribution in [2.24, 2.45) is 0 Å². The molecule has 0 aliphatic carbocycles. The molecule has 11 aromatic rings. The van der Waals surface area contributed by atoms with Crippen molar-refractivity contribution in [1.82, 2.24) is 15.0 Å². The predicted molar refractivity (Wildman–Crippen MR) is 223 cm³/mol. The first-order valence-electron chi connectivity index (χ1n) is 18.3. The van der Waals surface area contributed by atoms with Crippen LogP contribution in [0.15, 0.2) is 191 Å². The van der Waals surface area contributed by atoms with Crippen LogP contribution < -0.4 is 4.90 Å². The zero-order valence-corrected chi connectivity index (χ0v) is 29.4. The predicted octanol–water partition coefficient (Wildman–Crippen LogP) is 13.3. The summed E-state index contributed by atoms with van der Waals surface area (Å²) < 4.78 is 13.2. The molecule has 0 saturated carbocycles. The summed E-state index contributed by atoms with van der Waals surface area (Å²) >= 11 is 0. The average molecular weight is 707 g/mol. The lowest BCUT2D eigenvalue weighted by atomic mass is 10.0. The van der Waals surface area contributed by atoms with Crippen LogP contribution in [0.25, 0.3) is 88.8 Å². The van der Waals surface area contributed by atoms with Crippen molar-refractivity contribution < 1.29 is 8.83 Å². The van der Waals surface area contributed by atoms with Gasteiger partial charge in [0.05, 0.1) is 16.6 Å². The highest BCUT2D eigenvalue weighted by molar-refractivity contribution is 6.19. The maximum Gasteiger partial charge on any atom is 0.167 e. The summed E-state index contributed by atoms with van der Waals surface area (Å²) in [6.07, 6.45) is 0. The number of fused-ring (bicyclic) bond motifs is 7. The fraction of sp³-hybridized carbons (Fsp3) is 0. The Labute approximate surface area is 315 Å². The average Bonchev–Trinajstić information content (AvgIpc) is 3.82. The van der Waals surface area contributed by atoms with Gasteiger partial charge in [-0.3, -0.25) is 0 Å². The highest BCUT2D eigenvalue weighted by Crippen LogP contribution is 2.47. The van der Waals surface area contributed by atoms with Crippen molar-refractivity contribution in [3.63, 3.8) is 0 Å².